The highest BCUT2D eigenvalue weighted by molar-refractivity contribution is 5.99. The number of halogens is 1. The van der Waals surface area contributed by atoms with Crippen molar-refractivity contribution in [3.05, 3.63) is 29.6 Å². The van der Waals surface area contributed by atoms with Crippen molar-refractivity contribution in [3.8, 4) is 5.75 Å². The summed E-state index contributed by atoms with van der Waals surface area (Å²) in [6.45, 7) is 2.99. The van der Waals surface area contributed by atoms with Crippen LogP contribution in [-0.4, -0.2) is 35.9 Å². The molecular formula is C12H16FNO2. The van der Waals surface area contributed by atoms with Gasteiger partial charge in [-0.1, -0.05) is 6.92 Å². The van der Waals surface area contributed by atoms with E-state index in [1.165, 1.54) is 6.07 Å². The number of rotatable bonds is 5. The fourth-order valence-electron chi connectivity index (χ4n) is 1.52. The second kappa shape index (κ2) is 5.61. The number of hydrogen-bond acceptors (Lipinski definition) is 3. The molecule has 88 valence electrons. The Hall–Kier alpha value is -1.42. The maximum Gasteiger partial charge on any atom is 0.180 e. The van der Waals surface area contributed by atoms with Crippen molar-refractivity contribution >= 4 is 5.78 Å². The molecule has 0 aliphatic heterocycles. The maximum absolute atomic E-state index is 12.9. The first-order valence-corrected chi connectivity index (χ1v) is 5.25. The molecule has 3 nitrogen and oxygen atoms in total. The summed E-state index contributed by atoms with van der Waals surface area (Å²) < 4.78 is 12.9. The maximum atomic E-state index is 12.9. The van der Waals surface area contributed by atoms with Crippen LogP contribution in [0.5, 0.6) is 5.75 Å². The van der Waals surface area contributed by atoms with Gasteiger partial charge in [-0.3, -0.25) is 9.69 Å². The number of nitrogens with zero attached hydrogens (tertiary/aromatic N) is 1. The van der Waals surface area contributed by atoms with Gasteiger partial charge in [0, 0.05) is 0 Å². The Labute approximate surface area is 94.5 Å². The molecule has 0 saturated carbocycles. The van der Waals surface area contributed by atoms with E-state index in [-0.39, 0.29) is 23.6 Å². The number of benzene rings is 1. The fourth-order valence-corrected chi connectivity index (χ4v) is 1.52. The molecule has 0 atom stereocenters. The molecule has 1 N–H and O–H groups in total. The lowest BCUT2D eigenvalue weighted by atomic mass is 10.1. The van der Waals surface area contributed by atoms with E-state index >= 15 is 0 Å². The Kier molecular flexibility index (Phi) is 4.43. The molecule has 0 radical (unpaired) electrons. The minimum atomic E-state index is -0.515. The summed E-state index contributed by atoms with van der Waals surface area (Å²) in [4.78, 5) is 13.6. The van der Waals surface area contributed by atoms with Crippen molar-refractivity contribution in [1.82, 2.24) is 4.90 Å². The Morgan fingerprint density at radius 1 is 1.50 bits per heavy atom. The van der Waals surface area contributed by atoms with Gasteiger partial charge in [0.25, 0.3) is 0 Å². The van der Waals surface area contributed by atoms with E-state index in [0.717, 1.165) is 25.1 Å². The number of ketones is 1. The van der Waals surface area contributed by atoms with Crippen molar-refractivity contribution in [1.29, 1.82) is 0 Å². The highest BCUT2D eigenvalue weighted by atomic mass is 19.1. The monoisotopic (exact) mass is 225 g/mol. The number of hydrogen-bond donors (Lipinski definition) is 1. The smallest absolute Gasteiger partial charge is 0.180 e. The third kappa shape index (κ3) is 3.31. The first kappa shape index (κ1) is 12.6. The molecule has 0 unspecified atom stereocenters. The third-order valence-corrected chi connectivity index (χ3v) is 2.28. The van der Waals surface area contributed by atoms with Crippen LogP contribution in [-0.2, 0) is 0 Å². The molecule has 0 bridgehead atoms. The predicted octanol–water partition coefficient (Wildman–Crippen LogP) is 2.06. The van der Waals surface area contributed by atoms with Crippen molar-refractivity contribution in [2.24, 2.45) is 0 Å². The number of likely N-dealkylation sites (N-methyl/N-ethyl adjacent to an activating group) is 1. The van der Waals surface area contributed by atoms with E-state index < -0.39 is 5.82 Å². The average molecular weight is 225 g/mol. The van der Waals surface area contributed by atoms with Gasteiger partial charge in [0.15, 0.2) is 5.78 Å². The van der Waals surface area contributed by atoms with Crippen LogP contribution in [0.15, 0.2) is 18.2 Å². The summed E-state index contributed by atoms with van der Waals surface area (Å²) in [5, 5.41) is 9.44. The summed E-state index contributed by atoms with van der Waals surface area (Å²) in [7, 11) is 1.82. The van der Waals surface area contributed by atoms with E-state index in [1.807, 2.05) is 18.9 Å². The molecule has 0 fully saturated rings. The van der Waals surface area contributed by atoms with Gasteiger partial charge in [0.05, 0.1) is 12.1 Å². The van der Waals surface area contributed by atoms with E-state index in [2.05, 4.69) is 0 Å². The van der Waals surface area contributed by atoms with Gasteiger partial charge in [-0.25, -0.2) is 4.39 Å². The van der Waals surface area contributed by atoms with E-state index in [9.17, 15) is 14.3 Å². The normalized spacial score (nSPS) is 10.8. The Morgan fingerprint density at radius 3 is 2.81 bits per heavy atom. The van der Waals surface area contributed by atoms with Crippen LogP contribution in [0.25, 0.3) is 0 Å². The first-order valence-electron chi connectivity index (χ1n) is 5.25. The van der Waals surface area contributed by atoms with Gasteiger partial charge < -0.3 is 5.11 Å². The van der Waals surface area contributed by atoms with Crippen molar-refractivity contribution in [2.75, 3.05) is 20.1 Å². The molecule has 0 aliphatic rings. The molecule has 1 aromatic rings. The standard InChI is InChI=1S/C12H16FNO2/c1-3-6-14(2)8-12(16)10-7-9(13)4-5-11(10)15/h4-5,7,15H,3,6,8H2,1-2H3. The number of Topliss-reactive ketones (excluding diaryl/α,β-unsaturated/α-hetero) is 1. The molecule has 0 heterocycles. The summed E-state index contributed by atoms with van der Waals surface area (Å²) in [5.74, 6) is -0.955. The third-order valence-electron chi connectivity index (χ3n) is 2.28. The lowest BCUT2D eigenvalue weighted by Gasteiger charge is -2.14. The van der Waals surface area contributed by atoms with Gasteiger partial charge in [-0.05, 0) is 38.2 Å². The van der Waals surface area contributed by atoms with Crippen LogP contribution >= 0.6 is 0 Å². The minimum absolute atomic E-state index is 0.0444. The number of aromatic hydroxyl groups is 1. The van der Waals surface area contributed by atoms with Crippen molar-refractivity contribution in [3.63, 3.8) is 0 Å². The summed E-state index contributed by atoms with van der Waals surface area (Å²) >= 11 is 0. The quantitative estimate of drug-likeness (QED) is 0.780. The topological polar surface area (TPSA) is 40.5 Å². The van der Waals surface area contributed by atoms with Gasteiger partial charge in [0.2, 0.25) is 0 Å². The van der Waals surface area contributed by atoms with Gasteiger partial charge in [-0.15, -0.1) is 0 Å². The minimum Gasteiger partial charge on any atom is -0.507 e. The lowest BCUT2D eigenvalue weighted by Crippen LogP contribution is -2.26. The van der Waals surface area contributed by atoms with Crippen LogP contribution in [0.4, 0.5) is 4.39 Å². The Balaban J connectivity index is 2.76. The van der Waals surface area contributed by atoms with E-state index in [0.29, 0.717) is 0 Å². The SMILES string of the molecule is CCCN(C)CC(=O)c1cc(F)ccc1O. The van der Waals surface area contributed by atoms with Crippen molar-refractivity contribution in [2.45, 2.75) is 13.3 Å². The summed E-state index contributed by atoms with van der Waals surface area (Å²) in [6, 6.07) is 3.39. The molecule has 0 saturated heterocycles. The number of phenols is 1. The lowest BCUT2D eigenvalue weighted by molar-refractivity contribution is 0.0943. The number of carbonyl (C=O) groups is 1. The highest BCUT2D eigenvalue weighted by Crippen LogP contribution is 2.18. The zero-order chi connectivity index (χ0) is 12.1. The summed E-state index contributed by atoms with van der Waals surface area (Å²) in [5.41, 5.74) is 0.0444. The fraction of sp³-hybridized carbons (Fsp3) is 0.417. The van der Waals surface area contributed by atoms with Crippen LogP contribution in [0.1, 0.15) is 23.7 Å². The molecular weight excluding hydrogens is 209 g/mol. The van der Waals surface area contributed by atoms with E-state index in [1.54, 1.807) is 0 Å². The van der Waals surface area contributed by atoms with Gasteiger partial charge in [0.1, 0.15) is 11.6 Å². The van der Waals surface area contributed by atoms with Gasteiger partial charge in [-0.2, -0.15) is 0 Å². The molecule has 0 amide bonds. The second-order valence-electron chi connectivity index (χ2n) is 3.82. The molecule has 16 heavy (non-hydrogen) atoms. The largest absolute Gasteiger partial charge is 0.507 e. The molecule has 4 heteroatoms. The molecule has 0 spiro atoms. The molecule has 0 aliphatic carbocycles. The average Bonchev–Trinajstić information content (AvgIpc) is 2.21. The second-order valence-corrected chi connectivity index (χ2v) is 3.82. The van der Waals surface area contributed by atoms with E-state index in [4.69, 9.17) is 0 Å². The van der Waals surface area contributed by atoms with Crippen LogP contribution in [0.2, 0.25) is 0 Å². The van der Waals surface area contributed by atoms with Crippen molar-refractivity contribution < 1.29 is 14.3 Å². The van der Waals surface area contributed by atoms with Crippen LogP contribution in [0.3, 0.4) is 0 Å². The zero-order valence-corrected chi connectivity index (χ0v) is 9.53. The molecule has 1 rings (SSSR count). The highest BCUT2D eigenvalue weighted by Gasteiger charge is 2.13. The predicted molar refractivity (Wildman–Crippen MR) is 60.2 cm³/mol. The summed E-state index contributed by atoms with van der Waals surface area (Å²) in [6.07, 6.45) is 0.943. The zero-order valence-electron chi connectivity index (χ0n) is 9.53. The Morgan fingerprint density at radius 2 is 2.19 bits per heavy atom. The van der Waals surface area contributed by atoms with Gasteiger partial charge >= 0.3 is 0 Å². The number of phenolic OH excluding ortho intramolecular Hbond substituents is 1. The Bertz CT molecular complexity index is 379. The molecule has 0 aromatic heterocycles. The first-order chi connectivity index (χ1) is 7.54. The number of carbonyl (C=O) groups excluding carboxylic acids is 1. The molecule has 1 aromatic carbocycles. The van der Waals surface area contributed by atoms with Crippen LogP contribution in [0, 0.1) is 5.82 Å². The van der Waals surface area contributed by atoms with Crippen LogP contribution < -0.4 is 0 Å².